The fourth-order valence-electron chi connectivity index (χ4n) is 5.05. The van der Waals surface area contributed by atoms with Crippen molar-refractivity contribution in [2.45, 2.75) is 25.7 Å². The van der Waals surface area contributed by atoms with E-state index in [4.69, 9.17) is 4.74 Å². The number of anilines is 1. The summed E-state index contributed by atoms with van der Waals surface area (Å²) in [6, 6.07) is 6.83. The molecule has 0 unspecified atom stereocenters. The van der Waals surface area contributed by atoms with Gasteiger partial charge in [-0.1, -0.05) is 0 Å². The Balaban J connectivity index is 1.43. The zero-order chi connectivity index (χ0) is 19.7. The molecule has 28 heavy (non-hydrogen) atoms. The van der Waals surface area contributed by atoms with Gasteiger partial charge in [-0.3, -0.25) is 14.4 Å². The number of carbonyl (C=O) groups is 3. The molecule has 1 aliphatic heterocycles. The van der Waals surface area contributed by atoms with Crippen LogP contribution in [0.5, 0.6) is 0 Å². The maximum atomic E-state index is 12.9. The van der Waals surface area contributed by atoms with Crippen molar-refractivity contribution >= 4 is 23.5 Å². The SMILES string of the molecule is O=C(O)[C@H]1C2CCC(CC2)[C@@H]1C(=O)Nc1ccc(C(=O)N2CCOCC2)cc1. The fourth-order valence-corrected chi connectivity index (χ4v) is 5.05. The number of amides is 2. The second-order valence-corrected chi connectivity index (χ2v) is 8.04. The first kappa shape index (κ1) is 18.9. The number of hydrogen-bond acceptors (Lipinski definition) is 4. The van der Waals surface area contributed by atoms with E-state index >= 15 is 0 Å². The number of carboxylic acid groups (broad SMARTS) is 1. The number of rotatable bonds is 4. The van der Waals surface area contributed by atoms with E-state index in [1.807, 2.05) is 0 Å². The minimum absolute atomic E-state index is 0.0447. The van der Waals surface area contributed by atoms with Crippen LogP contribution in [0.3, 0.4) is 0 Å². The summed E-state index contributed by atoms with van der Waals surface area (Å²) in [6.45, 7) is 2.26. The molecular weight excluding hydrogens is 360 g/mol. The molecule has 1 saturated heterocycles. The van der Waals surface area contributed by atoms with Gasteiger partial charge in [-0.05, 0) is 61.8 Å². The van der Waals surface area contributed by atoms with Gasteiger partial charge in [-0.2, -0.15) is 0 Å². The van der Waals surface area contributed by atoms with Crippen molar-refractivity contribution in [2.24, 2.45) is 23.7 Å². The Morgan fingerprint density at radius 3 is 2.07 bits per heavy atom. The van der Waals surface area contributed by atoms with E-state index in [2.05, 4.69) is 5.32 Å². The Morgan fingerprint density at radius 1 is 0.929 bits per heavy atom. The van der Waals surface area contributed by atoms with E-state index in [0.29, 0.717) is 37.6 Å². The van der Waals surface area contributed by atoms with Crippen LogP contribution in [0.2, 0.25) is 0 Å². The monoisotopic (exact) mass is 386 g/mol. The molecular formula is C21H26N2O5. The van der Waals surface area contributed by atoms with Gasteiger partial charge in [0.25, 0.3) is 5.91 Å². The summed E-state index contributed by atoms with van der Waals surface area (Å²) in [7, 11) is 0. The average Bonchev–Trinajstić information content (AvgIpc) is 2.74. The molecule has 4 aliphatic rings. The van der Waals surface area contributed by atoms with Crippen LogP contribution in [0.25, 0.3) is 0 Å². The summed E-state index contributed by atoms with van der Waals surface area (Å²) in [6.07, 6.45) is 3.67. The van der Waals surface area contributed by atoms with Gasteiger partial charge in [0, 0.05) is 24.3 Å². The fraction of sp³-hybridized carbons (Fsp3) is 0.571. The number of benzene rings is 1. The van der Waals surface area contributed by atoms with Gasteiger partial charge in [0.05, 0.1) is 25.0 Å². The summed E-state index contributed by atoms with van der Waals surface area (Å²) in [5.74, 6) is -1.93. The molecule has 1 aromatic carbocycles. The summed E-state index contributed by atoms with van der Waals surface area (Å²) in [4.78, 5) is 38.9. The van der Waals surface area contributed by atoms with Crippen LogP contribution in [0, 0.1) is 23.7 Å². The Morgan fingerprint density at radius 2 is 1.50 bits per heavy atom. The number of nitrogens with one attached hydrogen (secondary N) is 1. The molecule has 2 atom stereocenters. The van der Waals surface area contributed by atoms with Crippen molar-refractivity contribution in [1.29, 1.82) is 0 Å². The van der Waals surface area contributed by atoms with Gasteiger partial charge < -0.3 is 20.1 Å². The number of ether oxygens (including phenoxy) is 1. The molecule has 2 amide bonds. The first-order valence-corrected chi connectivity index (χ1v) is 10.1. The summed E-state index contributed by atoms with van der Waals surface area (Å²) in [5.41, 5.74) is 1.16. The van der Waals surface area contributed by atoms with Crippen LogP contribution in [0.1, 0.15) is 36.0 Å². The molecule has 1 aromatic rings. The zero-order valence-electron chi connectivity index (χ0n) is 15.8. The van der Waals surface area contributed by atoms with Crippen molar-refractivity contribution in [3.63, 3.8) is 0 Å². The van der Waals surface area contributed by atoms with E-state index in [1.54, 1.807) is 29.2 Å². The molecule has 2 bridgehead atoms. The summed E-state index contributed by atoms with van der Waals surface area (Å²) >= 11 is 0. The lowest BCUT2D eigenvalue weighted by Crippen LogP contribution is -2.49. The van der Waals surface area contributed by atoms with Crippen LogP contribution in [0.15, 0.2) is 24.3 Å². The molecule has 2 N–H and O–H groups in total. The van der Waals surface area contributed by atoms with E-state index in [1.165, 1.54) is 0 Å². The lowest BCUT2D eigenvalue weighted by atomic mass is 9.58. The highest BCUT2D eigenvalue weighted by molar-refractivity contribution is 5.97. The third-order valence-electron chi connectivity index (χ3n) is 6.50. The molecule has 0 radical (unpaired) electrons. The molecule has 7 nitrogen and oxygen atoms in total. The summed E-state index contributed by atoms with van der Waals surface area (Å²) < 4.78 is 5.27. The van der Waals surface area contributed by atoms with Gasteiger partial charge in [-0.15, -0.1) is 0 Å². The van der Waals surface area contributed by atoms with Crippen molar-refractivity contribution < 1.29 is 24.2 Å². The first-order chi connectivity index (χ1) is 13.5. The molecule has 1 heterocycles. The molecule has 0 aromatic heterocycles. The number of fused-ring (bicyclic) bond motifs is 3. The van der Waals surface area contributed by atoms with Crippen molar-refractivity contribution in [3.8, 4) is 0 Å². The Hall–Kier alpha value is -2.41. The highest BCUT2D eigenvalue weighted by atomic mass is 16.5. The van der Waals surface area contributed by atoms with Crippen LogP contribution in [-0.4, -0.2) is 54.1 Å². The third-order valence-corrected chi connectivity index (χ3v) is 6.50. The van der Waals surface area contributed by atoms with Crippen molar-refractivity contribution in [1.82, 2.24) is 4.90 Å². The van der Waals surface area contributed by atoms with Crippen molar-refractivity contribution in [3.05, 3.63) is 29.8 Å². The number of morpholine rings is 1. The first-order valence-electron chi connectivity index (χ1n) is 10.1. The number of aliphatic carboxylic acids is 1. The maximum Gasteiger partial charge on any atom is 0.307 e. The molecule has 3 saturated carbocycles. The lowest BCUT2D eigenvalue weighted by Gasteiger charge is -2.45. The van der Waals surface area contributed by atoms with Crippen molar-refractivity contribution in [2.75, 3.05) is 31.6 Å². The second kappa shape index (κ2) is 7.91. The minimum Gasteiger partial charge on any atom is -0.481 e. The zero-order valence-corrected chi connectivity index (χ0v) is 15.8. The van der Waals surface area contributed by atoms with E-state index in [9.17, 15) is 19.5 Å². The van der Waals surface area contributed by atoms with Gasteiger partial charge in [0.1, 0.15) is 0 Å². The number of nitrogens with zero attached hydrogens (tertiary/aromatic N) is 1. The number of hydrogen-bond donors (Lipinski definition) is 2. The maximum absolute atomic E-state index is 12.9. The molecule has 4 fully saturated rings. The minimum atomic E-state index is -0.860. The average molecular weight is 386 g/mol. The van der Waals surface area contributed by atoms with E-state index in [-0.39, 0.29) is 23.7 Å². The Labute approximate surface area is 164 Å². The smallest absolute Gasteiger partial charge is 0.307 e. The van der Waals surface area contributed by atoms with Crippen LogP contribution >= 0.6 is 0 Å². The van der Waals surface area contributed by atoms with E-state index in [0.717, 1.165) is 25.7 Å². The van der Waals surface area contributed by atoms with Gasteiger partial charge >= 0.3 is 5.97 Å². The Kier molecular flexibility index (Phi) is 5.35. The molecule has 0 spiro atoms. The molecule has 5 rings (SSSR count). The number of carboxylic acids is 1. The van der Waals surface area contributed by atoms with Gasteiger partial charge in [0.2, 0.25) is 5.91 Å². The Bertz CT molecular complexity index is 749. The highest BCUT2D eigenvalue weighted by Gasteiger charge is 2.50. The standard InChI is InChI=1S/C21H26N2O5/c24-19(17-13-1-3-14(4-2-13)18(17)21(26)27)22-16-7-5-15(6-8-16)20(25)23-9-11-28-12-10-23/h5-8,13-14,17-18H,1-4,9-12H2,(H,22,24)(H,26,27)/t13?,14?,17-,18-/m0/s1. The van der Waals surface area contributed by atoms with Gasteiger partial charge in [0.15, 0.2) is 0 Å². The largest absolute Gasteiger partial charge is 0.481 e. The topological polar surface area (TPSA) is 95.9 Å². The third kappa shape index (κ3) is 3.63. The second-order valence-electron chi connectivity index (χ2n) is 8.04. The lowest BCUT2D eigenvalue weighted by molar-refractivity contribution is -0.156. The predicted molar refractivity (Wildman–Crippen MR) is 102 cm³/mol. The van der Waals surface area contributed by atoms with E-state index < -0.39 is 17.8 Å². The quantitative estimate of drug-likeness (QED) is 0.827. The van der Waals surface area contributed by atoms with Crippen LogP contribution < -0.4 is 5.32 Å². The molecule has 150 valence electrons. The highest BCUT2D eigenvalue weighted by Crippen LogP contribution is 2.49. The summed E-state index contributed by atoms with van der Waals surface area (Å²) in [5, 5.41) is 12.5. The normalized spacial score (nSPS) is 29.4. The van der Waals surface area contributed by atoms with Crippen LogP contribution in [-0.2, 0) is 14.3 Å². The predicted octanol–water partition coefficient (Wildman–Crippen LogP) is 2.23. The molecule has 3 aliphatic carbocycles. The van der Waals surface area contributed by atoms with Crippen LogP contribution in [0.4, 0.5) is 5.69 Å². The molecule has 7 heteroatoms. The van der Waals surface area contributed by atoms with Gasteiger partial charge in [-0.25, -0.2) is 0 Å². The number of carbonyl (C=O) groups excluding carboxylic acids is 2.